The molecule has 52 heavy (non-hydrogen) atoms. The third kappa shape index (κ3) is 8.58. The first kappa shape index (κ1) is 38.3. The lowest BCUT2D eigenvalue weighted by atomic mass is 9.78. The van der Waals surface area contributed by atoms with Crippen molar-refractivity contribution in [2.75, 3.05) is 44.5 Å². The summed E-state index contributed by atoms with van der Waals surface area (Å²) in [5.74, 6) is 4.88. The van der Waals surface area contributed by atoms with Gasteiger partial charge in [0, 0.05) is 41.5 Å². The molecule has 1 fully saturated rings. The molecule has 1 heterocycles. The highest BCUT2D eigenvalue weighted by molar-refractivity contribution is 7.92. The molecule has 1 saturated carbocycles. The molecule has 3 aromatic carbocycles. The number of likely N-dealkylation sites (N-methyl/N-ethyl adjacent to an activating group) is 1. The number of sulfonamides is 1. The van der Waals surface area contributed by atoms with Crippen LogP contribution in [0.5, 0.6) is 11.5 Å². The van der Waals surface area contributed by atoms with Crippen molar-refractivity contribution in [2.45, 2.75) is 54.9 Å². The number of halogens is 4. The van der Waals surface area contributed by atoms with Crippen molar-refractivity contribution < 1.29 is 40.6 Å². The first-order chi connectivity index (χ1) is 24.8. The maximum atomic E-state index is 16.2. The van der Waals surface area contributed by atoms with Crippen molar-refractivity contribution >= 4 is 21.5 Å². The Kier molecular flexibility index (Phi) is 11.9. The summed E-state index contributed by atoms with van der Waals surface area (Å²) in [5.41, 5.74) is 0.662. The number of aliphatic hydroxyl groups excluding tert-OH is 1. The first-order valence-electron chi connectivity index (χ1n) is 16.3. The summed E-state index contributed by atoms with van der Waals surface area (Å²) in [7, 11) is 1.96. The minimum atomic E-state index is -4.66. The van der Waals surface area contributed by atoms with Crippen molar-refractivity contribution in [3.63, 3.8) is 0 Å². The van der Waals surface area contributed by atoms with Gasteiger partial charge in [0.2, 0.25) is 0 Å². The summed E-state index contributed by atoms with van der Waals surface area (Å²) in [6.45, 7) is -0.825. The summed E-state index contributed by atoms with van der Waals surface area (Å²) in [4.78, 5) is 9.30. The molecule has 15 heteroatoms. The van der Waals surface area contributed by atoms with Crippen molar-refractivity contribution in [3.05, 3.63) is 101 Å². The zero-order valence-corrected chi connectivity index (χ0v) is 29.8. The number of aliphatic hydroxyl groups is 1. The Morgan fingerprint density at radius 3 is 2.48 bits per heavy atom. The fourth-order valence-corrected chi connectivity index (χ4v) is 7.92. The molecule has 5 rings (SSSR count). The Bertz CT molecular complexity index is 2040. The minimum absolute atomic E-state index is 0.0242. The van der Waals surface area contributed by atoms with Crippen LogP contribution in [0, 0.1) is 17.7 Å². The molecule has 10 nitrogen and oxygen atoms in total. The molecule has 1 aliphatic carbocycles. The van der Waals surface area contributed by atoms with Crippen LogP contribution in [0.2, 0.25) is 0 Å². The van der Waals surface area contributed by atoms with Crippen molar-refractivity contribution in [2.24, 2.45) is 0 Å². The second kappa shape index (κ2) is 16.2. The second-order valence-corrected chi connectivity index (χ2v) is 14.3. The van der Waals surface area contributed by atoms with E-state index in [-0.39, 0.29) is 41.6 Å². The summed E-state index contributed by atoms with van der Waals surface area (Å²) < 4.78 is 97.0. The van der Waals surface area contributed by atoms with E-state index in [9.17, 15) is 26.7 Å². The molecule has 0 unspecified atom stereocenters. The number of nitrogens with zero attached hydrogens (tertiary/aromatic N) is 4. The molecule has 4 aromatic rings. The number of methoxy groups -OCH3 is 2. The van der Waals surface area contributed by atoms with E-state index in [0.29, 0.717) is 41.9 Å². The normalized spacial score (nSPS) is 17.6. The van der Waals surface area contributed by atoms with Gasteiger partial charge in [0.1, 0.15) is 41.0 Å². The zero-order valence-electron chi connectivity index (χ0n) is 29.0. The highest BCUT2D eigenvalue weighted by Gasteiger charge is 2.36. The van der Waals surface area contributed by atoms with Crippen LogP contribution in [0.4, 0.5) is 29.1 Å². The van der Waals surface area contributed by atoms with Gasteiger partial charge in [-0.15, -0.1) is 0 Å². The number of anilines is 2. The monoisotopic (exact) mass is 741 g/mol. The Morgan fingerprint density at radius 1 is 1.04 bits per heavy atom. The van der Waals surface area contributed by atoms with Crippen LogP contribution in [0.15, 0.2) is 78.1 Å². The van der Waals surface area contributed by atoms with Gasteiger partial charge >= 0.3 is 6.18 Å². The average molecular weight is 742 g/mol. The van der Waals surface area contributed by atoms with Gasteiger partial charge in [-0.1, -0.05) is 30.0 Å². The molecule has 3 atom stereocenters. The number of hydrogen-bond donors (Lipinski definition) is 2. The Hall–Kier alpha value is -4.91. The second-order valence-electron chi connectivity index (χ2n) is 12.5. The van der Waals surface area contributed by atoms with E-state index in [4.69, 9.17) is 9.47 Å². The van der Waals surface area contributed by atoms with E-state index in [1.165, 1.54) is 44.9 Å². The largest absolute Gasteiger partial charge is 0.497 e. The standard InChI is InChI=1S/C37H39F4N5O5S/c1-45(2)33-18-25(24-7-5-9-28(17-24)37(39,40)41)11-13-31(33)44-32-21-30(38)35(19-26(32)8-6-16-47)52(48,49)46(36-14-15-42-23-43-36)22-27-10-12-29(50-3)20-34(27)51-4/h5,7,9-10,12,14-15,17,19-21,23,25,31,33,44,47H,11,13,16,18,22H2,1-4H3/t25-,31-,33-/m0/s1. The third-order valence-electron chi connectivity index (χ3n) is 9.08. The number of nitrogens with one attached hydrogen (secondary N) is 1. The van der Waals surface area contributed by atoms with Crippen LogP contribution < -0.4 is 19.1 Å². The topological polar surface area (TPSA) is 117 Å². The fourth-order valence-electron chi connectivity index (χ4n) is 6.44. The van der Waals surface area contributed by atoms with Crippen molar-refractivity contribution in [1.82, 2.24) is 14.9 Å². The van der Waals surface area contributed by atoms with Gasteiger partial charge in [0.05, 0.1) is 32.0 Å². The number of benzene rings is 3. The lowest BCUT2D eigenvalue weighted by Crippen LogP contribution is -2.47. The van der Waals surface area contributed by atoms with Crippen LogP contribution >= 0.6 is 0 Å². The van der Waals surface area contributed by atoms with Gasteiger partial charge in [0.25, 0.3) is 10.0 Å². The van der Waals surface area contributed by atoms with Gasteiger partial charge in [0.15, 0.2) is 0 Å². The van der Waals surface area contributed by atoms with E-state index < -0.39 is 39.1 Å². The van der Waals surface area contributed by atoms with Crippen molar-refractivity contribution in [3.8, 4) is 23.3 Å². The Labute approximate surface area is 300 Å². The summed E-state index contributed by atoms with van der Waals surface area (Å²) in [6, 6.07) is 13.3. The predicted molar refractivity (Wildman–Crippen MR) is 188 cm³/mol. The molecule has 0 radical (unpaired) electrons. The molecule has 0 saturated heterocycles. The smallest absolute Gasteiger partial charge is 0.416 e. The van der Waals surface area contributed by atoms with E-state index in [1.807, 2.05) is 19.0 Å². The highest BCUT2D eigenvalue weighted by atomic mass is 32.2. The molecule has 0 aliphatic heterocycles. The van der Waals surface area contributed by atoms with E-state index in [0.717, 1.165) is 22.5 Å². The molecule has 276 valence electrons. The van der Waals surface area contributed by atoms with Gasteiger partial charge < -0.3 is 24.8 Å². The predicted octanol–water partition coefficient (Wildman–Crippen LogP) is 6.07. The van der Waals surface area contributed by atoms with Gasteiger partial charge in [-0.05, 0) is 75.2 Å². The summed E-state index contributed by atoms with van der Waals surface area (Å²) in [6.07, 6.45) is -0.336. The molecular formula is C37H39F4N5O5S. The average Bonchev–Trinajstić information content (AvgIpc) is 3.13. The molecule has 1 aliphatic rings. The maximum Gasteiger partial charge on any atom is 0.416 e. The number of hydrogen-bond acceptors (Lipinski definition) is 9. The van der Waals surface area contributed by atoms with Crippen molar-refractivity contribution in [1.29, 1.82) is 0 Å². The number of aromatic nitrogens is 2. The van der Waals surface area contributed by atoms with Crippen LogP contribution in [0.3, 0.4) is 0 Å². The molecule has 0 amide bonds. The molecule has 0 bridgehead atoms. The highest BCUT2D eigenvalue weighted by Crippen LogP contribution is 2.39. The van der Waals surface area contributed by atoms with Gasteiger partial charge in [-0.2, -0.15) is 13.2 Å². The third-order valence-corrected chi connectivity index (χ3v) is 10.8. The molecule has 0 spiro atoms. The maximum absolute atomic E-state index is 16.2. The quantitative estimate of drug-likeness (QED) is 0.140. The summed E-state index contributed by atoms with van der Waals surface area (Å²) in [5, 5.41) is 12.9. The molecule has 1 aromatic heterocycles. The van der Waals surface area contributed by atoms with Crippen LogP contribution in [-0.2, 0) is 22.7 Å². The minimum Gasteiger partial charge on any atom is -0.497 e. The zero-order chi connectivity index (χ0) is 37.6. The van der Waals surface area contributed by atoms with E-state index in [2.05, 4.69) is 27.1 Å². The summed E-state index contributed by atoms with van der Waals surface area (Å²) >= 11 is 0. The number of rotatable bonds is 11. The number of alkyl halides is 3. The lowest BCUT2D eigenvalue weighted by molar-refractivity contribution is -0.137. The van der Waals surface area contributed by atoms with Crippen LogP contribution in [0.25, 0.3) is 0 Å². The fraction of sp³-hybridized carbons (Fsp3) is 0.351. The van der Waals surface area contributed by atoms with Crippen LogP contribution in [0.1, 0.15) is 47.4 Å². The molecule has 2 N–H and O–H groups in total. The SMILES string of the molecule is COc1ccc(CN(c2ccncn2)S(=O)(=O)c2cc(C#CCO)c(N[C@H]3CC[C@H](c4cccc(C(F)(F)F)c4)C[C@@H]3N(C)C)cc2F)c(OC)c1. The van der Waals surface area contributed by atoms with Gasteiger partial charge in [-0.3, -0.25) is 0 Å². The lowest BCUT2D eigenvalue weighted by Gasteiger charge is -2.41. The first-order valence-corrected chi connectivity index (χ1v) is 17.7. The van der Waals surface area contributed by atoms with E-state index in [1.54, 1.807) is 24.3 Å². The Balaban J connectivity index is 1.49. The van der Waals surface area contributed by atoms with Gasteiger partial charge in [-0.25, -0.2) is 27.1 Å². The molecular weight excluding hydrogens is 702 g/mol. The van der Waals surface area contributed by atoms with E-state index >= 15 is 4.39 Å². The van der Waals surface area contributed by atoms with Crippen LogP contribution in [-0.4, -0.2) is 75.4 Å². The Morgan fingerprint density at radius 2 is 1.83 bits per heavy atom. The number of ether oxygens (including phenoxy) is 2.